The molecule has 3 N–H and O–H groups in total. The standard InChI is InChI=1S/C18H24N4O3S/c19-18(9-3-10-18)17-21-16(25-22-17)8-11-20-26(23,24)15-7-6-13-4-1-2-5-14(13)12-15/h6-7,12,20H,1-5,8-11,19H2. The van der Waals surface area contributed by atoms with Crippen LogP contribution in [0.3, 0.4) is 0 Å². The van der Waals surface area contributed by atoms with Gasteiger partial charge in [0.15, 0.2) is 5.82 Å². The van der Waals surface area contributed by atoms with Crippen LogP contribution >= 0.6 is 0 Å². The van der Waals surface area contributed by atoms with E-state index in [0.29, 0.717) is 23.0 Å². The van der Waals surface area contributed by atoms with Gasteiger partial charge in [-0.3, -0.25) is 0 Å². The number of nitrogens with one attached hydrogen (secondary N) is 1. The van der Waals surface area contributed by atoms with Crippen LogP contribution in [-0.2, 0) is 34.8 Å². The number of nitrogens with two attached hydrogens (primary N) is 1. The lowest BCUT2D eigenvalue weighted by Crippen LogP contribution is -2.44. The third kappa shape index (κ3) is 3.41. The van der Waals surface area contributed by atoms with E-state index in [-0.39, 0.29) is 6.54 Å². The third-order valence-electron chi connectivity index (χ3n) is 5.42. The molecule has 1 aromatic carbocycles. The van der Waals surface area contributed by atoms with Crippen LogP contribution in [0.2, 0.25) is 0 Å². The van der Waals surface area contributed by atoms with Crippen LogP contribution in [0.15, 0.2) is 27.6 Å². The maximum atomic E-state index is 12.5. The minimum Gasteiger partial charge on any atom is -0.339 e. The van der Waals surface area contributed by atoms with E-state index in [9.17, 15) is 8.42 Å². The number of hydrogen-bond acceptors (Lipinski definition) is 6. The number of aromatic nitrogens is 2. The van der Waals surface area contributed by atoms with Gasteiger partial charge in [-0.2, -0.15) is 4.98 Å². The van der Waals surface area contributed by atoms with Crippen molar-refractivity contribution in [3.8, 4) is 0 Å². The van der Waals surface area contributed by atoms with E-state index in [2.05, 4.69) is 14.9 Å². The maximum absolute atomic E-state index is 12.5. The Hall–Kier alpha value is -1.77. The first kappa shape index (κ1) is 17.6. The first-order valence-electron chi connectivity index (χ1n) is 9.20. The number of rotatable bonds is 6. The van der Waals surface area contributed by atoms with Crippen LogP contribution in [0, 0.1) is 0 Å². The highest BCUT2D eigenvalue weighted by Gasteiger charge is 2.38. The topological polar surface area (TPSA) is 111 Å². The molecule has 4 rings (SSSR count). The summed E-state index contributed by atoms with van der Waals surface area (Å²) in [4.78, 5) is 4.64. The van der Waals surface area contributed by atoms with Crippen LogP contribution in [0.4, 0.5) is 0 Å². The molecule has 2 aliphatic rings. The van der Waals surface area contributed by atoms with Crippen molar-refractivity contribution in [3.63, 3.8) is 0 Å². The number of nitrogens with zero attached hydrogens (tertiary/aromatic N) is 2. The van der Waals surface area contributed by atoms with Crippen molar-refractivity contribution < 1.29 is 12.9 Å². The fourth-order valence-corrected chi connectivity index (χ4v) is 4.67. The van der Waals surface area contributed by atoms with Gasteiger partial charge in [0, 0.05) is 13.0 Å². The number of sulfonamides is 1. The summed E-state index contributed by atoms with van der Waals surface area (Å²) in [7, 11) is -3.54. The van der Waals surface area contributed by atoms with E-state index in [1.807, 2.05) is 6.07 Å². The molecule has 2 aromatic rings. The second-order valence-corrected chi connectivity index (χ2v) is 9.07. The molecule has 0 bridgehead atoms. The van der Waals surface area contributed by atoms with Crippen molar-refractivity contribution in [1.29, 1.82) is 0 Å². The van der Waals surface area contributed by atoms with Crippen molar-refractivity contribution in [2.24, 2.45) is 5.73 Å². The van der Waals surface area contributed by atoms with Gasteiger partial charge in [0.1, 0.15) is 0 Å². The van der Waals surface area contributed by atoms with Gasteiger partial charge in [0.25, 0.3) is 0 Å². The number of aryl methyl sites for hydroxylation is 2. The summed E-state index contributed by atoms with van der Waals surface area (Å²) in [6, 6.07) is 5.43. The number of hydrogen-bond donors (Lipinski definition) is 2. The average molecular weight is 376 g/mol. The summed E-state index contributed by atoms with van der Waals surface area (Å²) in [5.41, 5.74) is 8.11. The van der Waals surface area contributed by atoms with Crippen molar-refractivity contribution in [3.05, 3.63) is 41.0 Å². The molecular weight excluding hydrogens is 352 g/mol. The highest BCUT2D eigenvalue weighted by atomic mass is 32.2. The highest BCUT2D eigenvalue weighted by molar-refractivity contribution is 7.89. The van der Waals surface area contributed by atoms with Gasteiger partial charge in [0.05, 0.1) is 10.4 Å². The zero-order valence-electron chi connectivity index (χ0n) is 14.7. The molecule has 0 saturated heterocycles. The fourth-order valence-electron chi connectivity index (χ4n) is 3.59. The van der Waals surface area contributed by atoms with E-state index in [0.717, 1.165) is 44.1 Å². The van der Waals surface area contributed by atoms with Crippen LogP contribution < -0.4 is 10.5 Å². The summed E-state index contributed by atoms with van der Waals surface area (Å²) in [6.07, 6.45) is 7.40. The largest absolute Gasteiger partial charge is 0.339 e. The van der Waals surface area contributed by atoms with E-state index < -0.39 is 15.6 Å². The Labute approximate surface area is 153 Å². The number of benzene rings is 1. The average Bonchev–Trinajstić information content (AvgIpc) is 3.08. The van der Waals surface area contributed by atoms with Gasteiger partial charge >= 0.3 is 0 Å². The summed E-state index contributed by atoms with van der Waals surface area (Å²) < 4.78 is 32.9. The Kier molecular flexibility index (Phi) is 4.58. The highest BCUT2D eigenvalue weighted by Crippen LogP contribution is 2.36. The SMILES string of the molecule is NC1(c2noc(CCNS(=O)(=O)c3ccc4c(c3)CCCC4)n2)CCC1. The lowest BCUT2D eigenvalue weighted by molar-refractivity contribution is 0.229. The number of fused-ring (bicyclic) bond motifs is 1. The van der Waals surface area contributed by atoms with Gasteiger partial charge < -0.3 is 10.3 Å². The third-order valence-corrected chi connectivity index (χ3v) is 6.88. The first-order valence-corrected chi connectivity index (χ1v) is 10.7. The van der Waals surface area contributed by atoms with Gasteiger partial charge in [-0.05, 0) is 68.2 Å². The molecule has 1 aromatic heterocycles. The molecule has 8 heteroatoms. The molecule has 0 aliphatic heterocycles. The van der Waals surface area contributed by atoms with Crippen molar-refractivity contribution in [2.75, 3.05) is 6.54 Å². The Morgan fingerprint density at radius 1 is 1.15 bits per heavy atom. The predicted octanol–water partition coefficient (Wildman–Crippen LogP) is 1.81. The second-order valence-electron chi connectivity index (χ2n) is 7.31. The zero-order chi connectivity index (χ0) is 18.2. The second kappa shape index (κ2) is 6.75. The first-order chi connectivity index (χ1) is 12.5. The smallest absolute Gasteiger partial charge is 0.240 e. The summed E-state index contributed by atoms with van der Waals surface area (Å²) in [5.74, 6) is 0.932. The maximum Gasteiger partial charge on any atom is 0.240 e. The van der Waals surface area contributed by atoms with Gasteiger partial charge in [-0.1, -0.05) is 11.2 Å². The summed E-state index contributed by atoms with van der Waals surface area (Å²) in [5, 5.41) is 3.94. The molecule has 0 unspecified atom stereocenters. The van der Waals surface area contributed by atoms with Crippen LogP contribution in [0.25, 0.3) is 0 Å². The molecule has 0 atom stereocenters. The lowest BCUT2D eigenvalue weighted by atomic mass is 9.77. The zero-order valence-corrected chi connectivity index (χ0v) is 15.5. The molecule has 1 fully saturated rings. The Morgan fingerprint density at radius 3 is 2.65 bits per heavy atom. The van der Waals surface area contributed by atoms with Crippen LogP contribution in [-0.4, -0.2) is 25.1 Å². The van der Waals surface area contributed by atoms with Gasteiger partial charge in [-0.15, -0.1) is 0 Å². The molecule has 0 radical (unpaired) electrons. The van der Waals surface area contributed by atoms with Crippen molar-refractivity contribution in [1.82, 2.24) is 14.9 Å². The van der Waals surface area contributed by atoms with Gasteiger partial charge in [-0.25, -0.2) is 13.1 Å². The fraction of sp³-hybridized carbons (Fsp3) is 0.556. The Balaban J connectivity index is 1.38. The molecular formula is C18H24N4O3S. The molecule has 2 aliphatic carbocycles. The predicted molar refractivity (Wildman–Crippen MR) is 96.0 cm³/mol. The molecule has 0 amide bonds. The van der Waals surface area contributed by atoms with Crippen molar-refractivity contribution >= 4 is 10.0 Å². The summed E-state index contributed by atoms with van der Waals surface area (Å²) >= 11 is 0. The molecule has 1 saturated carbocycles. The van der Waals surface area contributed by atoms with Crippen LogP contribution in [0.5, 0.6) is 0 Å². The quantitative estimate of drug-likeness (QED) is 0.795. The Morgan fingerprint density at radius 2 is 1.92 bits per heavy atom. The minimum absolute atomic E-state index is 0.207. The van der Waals surface area contributed by atoms with Crippen LogP contribution in [0.1, 0.15) is 54.9 Å². The monoisotopic (exact) mass is 376 g/mol. The Bertz CT molecular complexity index is 903. The van der Waals surface area contributed by atoms with Crippen molar-refractivity contribution in [2.45, 2.75) is 61.8 Å². The molecule has 0 spiro atoms. The lowest BCUT2D eigenvalue weighted by Gasteiger charge is -2.34. The molecule has 26 heavy (non-hydrogen) atoms. The van der Waals surface area contributed by atoms with E-state index in [4.69, 9.17) is 10.3 Å². The molecule has 7 nitrogen and oxygen atoms in total. The minimum atomic E-state index is -3.54. The normalized spacial score (nSPS) is 19.0. The van der Waals surface area contributed by atoms with E-state index >= 15 is 0 Å². The van der Waals surface area contributed by atoms with E-state index in [1.54, 1.807) is 12.1 Å². The van der Waals surface area contributed by atoms with E-state index in [1.165, 1.54) is 12.0 Å². The van der Waals surface area contributed by atoms with Gasteiger partial charge in [0.2, 0.25) is 15.9 Å². The molecule has 1 heterocycles. The molecule has 140 valence electrons. The summed E-state index contributed by atoms with van der Waals surface area (Å²) in [6.45, 7) is 0.207.